The highest BCUT2D eigenvalue weighted by Crippen LogP contribution is 2.14. The van der Waals surface area contributed by atoms with Crippen molar-refractivity contribution in [2.24, 2.45) is 5.92 Å². The number of aliphatic hydroxyl groups is 1. The van der Waals surface area contributed by atoms with Crippen LogP contribution in [0.25, 0.3) is 0 Å². The van der Waals surface area contributed by atoms with E-state index in [1.807, 2.05) is 0 Å². The summed E-state index contributed by atoms with van der Waals surface area (Å²) in [5, 5.41) is 12.1. The first-order valence-electron chi connectivity index (χ1n) is 4.63. The zero-order chi connectivity index (χ0) is 9.10. The predicted octanol–water partition coefficient (Wildman–Crippen LogP) is 0.319. The summed E-state index contributed by atoms with van der Waals surface area (Å²) in [6.07, 6.45) is 3.60. The van der Waals surface area contributed by atoms with Crippen LogP contribution in [0.15, 0.2) is 10.7 Å². The van der Waals surface area contributed by atoms with Crippen molar-refractivity contribution in [3.63, 3.8) is 0 Å². The van der Waals surface area contributed by atoms with Crippen LogP contribution in [0.1, 0.15) is 18.0 Å². The van der Waals surface area contributed by atoms with Crippen LogP contribution in [0.2, 0.25) is 0 Å². The minimum atomic E-state index is -0.0353. The van der Waals surface area contributed by atoms with Crippen molar-refractivity contribution in [2.75, 3.05) is 13.1 Å². The number of nitrogens with zero attached hydrogens (tertiary/aromatic N) is 1. The highest BCUT2D eigenvalue weighted by atomic mass is 16.3. The second-order valence-corrected chi connectivity index (χ2v) is 3.45. The number of aromatic nitrogens is 1. The summed E-state index contributed by atoms with van der Waals surface area (Å²) in [5.74, 6) is 1.39. The highest BCUT2D eigenvalue weighted by molar-refractivity contribution is 4.96. The number of hydrogen-bond donors (Lipinski definition) is 2. The SMILES string of the molecule is OCc1coc(CC2CCNC2)n1. The van der Waals surface area contributed by atoms with Crippen LogP contribution in [-0.2, 0) is 13.0 Å². The van der Waals surface area contributed by atoms with Gasteiger partial charge in [-0.25, -0.2) is 4.98 Å². The third-order valence-corrected chi connectivity index (χ3v) is 2.39. The molecule has 2 rings (SSSR count). The van der Waals surface area contributed by atoms with Crippen molar-refractivity contribution < 1.29 is 9.52 Å². The van der Waals surface area contributed by atoms with Gasteiger partial charge in [0.1, 0.15) is 12.0 Å². The molecule has 13 heavy (non-hydrogen) atoms. The van der Waals surface area contributed by atoms with Crippen LogP contribution >= 0.6 is 0 Å². The minimum absolute atomic E-state index is 0.0353. The Bertz CT molecular complexity index is 266. The lowest BCUT2D eigenvalue weighted by atomic mass is 10.1. The van der Waals surface area contributed by atoms with E-state index in [0.717, 1.165) is 25.4 Å². The van der Waals surface area contributed by atoms with E-state index in [2.05, 4.69) is 10.3 Å². The Morgan fingerprint density at radius 3 is 3.23 bits per heavy atom. The fourth-order valence-corrected chi connectivity index (χ4v) is 1.65. The number of hydrogen-bond acceptors (Lipinski definition) is 4. The van der Waals surface area contributed by atoms with E-state index in [1.165, 1.54) is 12.7 Å². The standard InChI is InChI=1S/C9H14N2O2/c12-5-8-6-13-9(11-8)3-7-1-2-10-4-7/h6-7,10,12H,1-5H2. The van der Waals surface area contributed by atoms with Crippen molar-refractivity contribution >= 4 is 0 Å². The second kappa shape index (κ2) is 3.89. The van der Waals surface area contributed by atoms with Crippen LogP contribution in [0.3, 0.4) is 0 Å². The maximum Gasteiger partial charge on any atom is 0.194 e. The molecule has 1 aliphatic rings. The Labute approximate surface area is 77.0 Å². The number of rotatable bonds is 3. The molecule has 4 nitrogen and oxygen atoms in total. The lowest BCUT2D eigenvalue weighted by Gasteiger charge is -2.02. The number of aliphatic hydroxyl groups excluding tert-OH is 1. The fourth-order valence-electron chi connectivity index (χ4n) is 1.65. The Hall–Kier alpha value is -0.870. The molecule has 4 heteroatoms. The summed E-state index contributed by atoms with van der Waals surface area (Å²) in [4.78, 5) is 4.15. The molecule has 1 aliphatic heterocycles. The molecule has 1 unspecified atom stereocenters. The maximum absolute atomic E-state index is 8.78. The summed E-state index contributed by atoms with van der Waals surface area (Å²) in [6.45, 7) is 2.11. The molecule has 1 fully saturated rings. The summed E-state index contributed by atoms with van der Waals surface area (Å²) < 4.78 is 5.22. The second-order valence-electron chi connectivity index (χ2n) is 3.45. The average molecular weight is 182 g/mol. The lowest BCUT2D eigenvalue weighted by Crippen LogP contribution is -2.10. The Morgan fingerprint density at radius 1 is 1.69 bits per heavy atom. The molecule has 0 bridgehead atoms. The molecule has 2 heterocycles. The number of nitrogens with one attached hydrogen (secondary N) is 1. The van der Waals surface area contributed by atoms with Crippen LogP contribution in [-0.4, -0.2) is 23.2 Å². The van der Waals surface area contributed by atoms with Gasteiger partial charge in [0.05, 0.1) is 6.61 Å². The highest BCUT2D eigenvalue weighted by Gasteiger charge is 2.17. The smallest absolute Gasteiger partial charge is 0.194 e. The van der Waals surface area contributed by atoms with Gasteiger partial charge < -0.3 is 14.8 Å². The summed E-state index contributed by atoms with van der Waals surface area (Å²) in [6, 6.07) is 0. The first-order chi connectivity index (χ1) is 6.38. The van der Waals surface area contributed by atoms with Crippen LogP contribution in [0.4, 0.5) is 0 Å². The van der Waals surface area contributed by atoms with Gasteiger partial charge in [0.15, 0.2) is 5.89 Å². The number of oxazole rings is 1. The van der Waals surface area contributed by atoms with E-state index in [9.17, 15) is 0 Å². The summed E-state index contributed by atoms with van der Waals surface area (Å²) in [7, 11) is 0. The average Bonchev–Trinajstić information content (AvgIpc) is 2.76. The van der Waals surface area contributed by atoms with Gasteiger partial charge in [-0.3, -0.25) is 0 Å². The molecule has 2 N–H and O–H groups in total. The molecule has 0 radical (unpaired) electrons. The minimum Gasteiger partial charge on any atom is -0.449 e. The Morgan fingerprint density at radius 2 is 2.62 bits per heavy atom. The summed E-state index contributed by atoms with van der Waals surface area (Å²) >= 11 is 0. The molecule has 1 atom stereocenters. The largest absolute Gasteiger partial charge is 0.449 e. The van der Waals surface area contributed by atoms with Crippen LogP contribution in [0.5, 0.6) is 0 Å². The van der Waals surface area contributed by atoms with E-state index in [4.69, 9.17) is 9.52 Å². The van der Waals surface area contributed by atoms with Gasteiger partial charge >= 0.3 is 0 Å². The van der Waals surface area contributed by atoms with Gasteiger partial charge in [0.2, 0.25) is 0 Å². The third-order valence-electron chi connectivity index (χ3n) is 2.39. The molecule has 1 aromatic rings. The first-order valence-corrected chi connectivity index (χ1v) is 4.63. The molecule has 0 saturated carbocycles. The molecule has 0 aliphatic carbocycles. The van der Waals surface area contributed by atoms with E-state index >= 15 is 0 Å². The van der Waals surface area contributed by atoms with Crippen molar-refractivity contribution in [1.82, 2.24) is 10.3 Å². The van der Waals surface area contributed by atoms with Crippen LogP contribution in [0, 0.1) is 5.92 Å². The van der Waals surface area contributed by atoms with E-state index in [1.54, 1.807) is 0 Å². The zero-order valence-corrected chi connectivity index (χ0v) is 7.49. The molecule has 0 aromatic carbocycles. The van der Waals surface area contributed by atoms with Gasteiger partial charge in [-0.1, -0.05) is 0 Å². The zero-order valence-electron chi connectivity index (χ0n) is 7.49. The van der Waals surface area contributed by atoms with Gasteiger partial charge in [-0.15, -0.1) is 0 Å². The van der Waals surface area contributed by atoms with Gasteiger partial charge in [-0.2, -0.15) is 0 Å². The molecular weight excluding hydrogens is 168 g/mol. The topological polar surface area (TPSA) is 58.3 Å². The molecule has 1 saturated heterocycles. The van der Waals surface area contributed by atoms with Crippen molar-refractivity contribution in [1.29, 1.82) is 0 Å². The Kier molecular flexibility index (Phi) is 2.61. The predicted molar refractivity (Wildman–Crippen MR) is 47.1 cm³/mol. The monoisotopic (exact) mass is 182 g/mol. The van der Waals surface area contributed by atoms with Crippen molar-refractivity contribution in [2.45, 2.75) is 19.4 Å². The fraction of sp³-hybridized carbons (Fsp3) is 0.667. The molecule has 0 amide bonds. The van der Waals surface area contributed by atoms with Crippen LogP contribution < -0.4 is 5.32 Å². The van der Waals surface area contributed by atoms with E-state index < -0.39 is 0 Å². The molecule has 72 valence electrons. The van der Waals surface area contributed by atoms with Crippen molar-refractivity contribution in [3.05, 3.63) is 17.8 Å². The van der Waals surface area contributed by atoms with Gasteiger partial charge in [-0.05, 0) is 25.4 Å². The van der Waals surface area contributed by atoms with E-state index in [0.29, 0.717) is 11.6 Å². The first kappa shape index (κ1) is 8.72. The summed E-state index contributed by atoms with van der Waals surface area (Å²) in [5.41, 5.74) is 0.626. The van der Waals surface area contributed by atoms with Crippen molar-refractivity contribution in [3.8, 4) is 0 Å². The normalized spacial score (nSPS) is 22.4. The van der Waals surface area contributed by atoms with E-state index in [-0.39, 0.29) is 6.61 Å². The maximum atomic E-state index is 8.78. The lowest BCUT2D eigenvalue weighted by molar-refractivity contribution is 0.276. The quantitative estimate of drug-likeness (QED) is 0.706. The third kappa shape index (κ3) is 2.08. The molecule has 1 aromatic heterocycles. The molecule has 0 spiro atoms. The van der Waals surface area contributed by atoms with Gasteiger partial charge in [0.25, 0.3) is 0 Å². The molecular formula is C9H14N2O2. The Balaban J connectivity index is 1.92. The van der Waals surface area contributed by atoms with Gasteiger partial charge in [0, 0.05) is 6.42 Å².